The Bertz CT molecular complexity index is 210. The first-order chi connectivity index (χ1) is 7.74. The number of carbonyl (C=O) groups is 1. The molecule has 0 aromatic rings. The first-order valence-corrected chi connectivity index (χ1v) is 6.16. The summed E-state index contributed by atoms with van der Waals surface area (Å²) in [6.45, 7) is 3.15. The van der Waals surface area contributed by atoms with Crippen molar-refractivity contribution in [2.24, 2.45) is 5.73 Å². The minimum absolute atomic E-state index is 0.0765. The Morgan fingerprint density at radius 2 is 2.25 bits per heavy atom. The molecule has 0 aromatic carbocycles. The summed E-state index contributed by atoms with van der Waals surface area (Å²) in [5, 5.41) is 5.70. The second kappa shape index (κ2) is 7.46. The molecular weight excluding hydrogens is 204 g/mol. The van der Waals surface area contributed by atoms with Crippen molar-refractivity contribution in [1.82, 2.24) is 15.5 Å². The highest BCUT2D eigenvalue weighted by Crippen LogP contribution is 2.13. The van der Waals surface area contributed by atoms with Crippen LogP contribution in [0, 0.1) is 0 Å². The number of hydrogen-bond donors (Lipinski definition) is 3. The monoisotopic (exact) mass is 228 g/mol. The molecule has 0 spiro atoms. The lowest BCUT2D eigenvalue weighted by Crippen LogP contribution is -2.47. The average molecular weight is 228 g/mol. The van der Waals surface area contributed by atoms with E-state index in [9.17, 15) is 4.79 Å². The van der Waals surface area contributed by atoms with Crippen LogP contribution in [0.3, 0.4) is 0 Å². The van der Waals surface area contributed by atoms with Gasteiger partial charge in [-0.2, -0.15) is 0 Å². The average Bonchev–Trinajstić information content (AvgIpc) is 2.28. The SMILES string of the molecule is CN1CCCCC1CNC(=O)NCCCN. The maximum absolute atomic E-state index is 11.4. The normalized spacial score (nSPS) is 21.8. The first-order valence-electron chi connectivity index (χ1n) is 6.16. The summed E-state index contributed by atoms with van der Waals surface area (Å²) in [7, 11) is 2.12. The van der Waals surface area contributed by atoms with Gasteiger partial charge in [-0.1, -0.05) is 6.42 Å². The number of rotatable bonds is 5. The minimum Gasteiger partial charge on any atom is -0.338 e. The van der Waals surface area contributed by atoms with Gasteiger partial charge in [0.05, 0.1) is 0 Å². The van der Waals surface area contributed by atoms with Gasteiger partial charge in [-0.15, -0.1) is 0 Å². The summed E-state index contributed by atoms with van der Waals surface area (Å²) in [6.07, 6.45) is 4.55. The van der Waals surface area contributed by atoms with Crippen LogP contribution in [0.25, 0.3) is 0 Å². The number of nitrogens with one attached hydrogen (secondary N) is 2. The van der Waals surface area contributed by atoms with E-state index >= 15 is 0 Å². The maximum Gasteiger partial charge on any atom is 0.314 e. The van der Waals surface area contributed by atoms with Crippen molar-refractivity contribution in [3.05, 3.63) is 0 Å². The van der Waals surface area contributed by atoms with Crippen molar-refractivity contribution < 1.29 is 4.79 Å². The van der Waals surface area contributed by atoms with Crippen molar-refractivity contribution in [2.75, 3.05) is 33.2 Å². The number of piperidine rings is 1. The summed E-state index contributed by atoms with van der Waals surface area (Å²) >= 11 is 0. The van der Waals surface area contributed by atoms with Gasteiger partial charge in [-0.25, -0.2) is 4.79 Å². The molecule has 1 saturated heterocycles. The fourth-order valence-corrected chi connectivity index (χ4v) is 1.98. The zero-order valence-electron chi connectivity index (χ0n) is 10.2. The molecule has 5 nitrogen and oxygen atoms in total. The van der Waals surface area contributed by atoms with E-state index in [-0.39, 0.29) is 6.03 Å². The van der Waals surface area contributed by atoms with Gasteiger partial charge in [-0.05, 0) is 39.4 Å². The second-order valence-electron chi connectivity index (χ2n) is 4.41. The number of nitrogens with two attached hydrogens (primary N) is 1. The van der Waals surface area contributed by atoms with Crippen LogP contribution in [0.5, 0.6) is 0 Å². The maximum atomic E-state index is 11.4. The summed E-state index contributed by atoms with van der Waals surface area (Å²) in [6, 6.07) is 0.418. The summed E-state index contributed by atoms with van der Waals surface area (Å²) in [4.78, 5) is 13.7. The van der Waals surface area contributed by atoms with E-state index in [1.807, 2.05) is 0 Å². The summed E-state index contributed by atoms with van der Waals surface area (Å²) in [5.41, 5.74) is 5.35. The van der Waals surface area contributed by atoms with E-state index in [0.717, 1.165) is 19.5 Å². The van der Waals surface area contributed by atoms with Gasteiger partial charge in [-0.3, -0.25) is 0 Å². The van der Waals surface area contributed by atoms with Crippen LogP contribution in [0.15, 0.2) is 0 Å². The van der Waals surface area contributed by atoms with Crippen molar-refractivity contribution in [3.8, 4) is 0 Å². The van der Waals surface area contributed by atoms with Gasteiger partial charge in [0, 0.05) is 19.1 Å². The highest BCUT2D eigenvalue weighted by atomic mass is 16.2. The number of carbonyl (C=O) groups excluding carboxylic acids is 1. The van der Waals surface area contributed by atoms with Gasteiger partial charge in [0.25, 0.3) is 0 Å². The first kappa shape index (κ1) is 13.3. The Kier molecular flexibility index (Phi) is 6.18. The highest BCUT2D eigenvalue weighted by molar-refractivity contribution is 5.73. The van der Waals surface area contributed by atoms with Crippen LogP contribution < -0.4 is 16.4 Å². The molecule has 0 aliphatic carbocycles. The molecule has 0 saturated carbocycles. The molecule has 0 bridgehead atoms. The summed E-state index contributed by atoms with van der Waals surface area (Å²) in [5.74, 6) is 0. The summed E-state index contributed by atoms with van der Waals surface area (Å²) < 4.78 is 0. The Balaban J connectivity index is 2.10. The van der Waals surface area contributed by atoms with Crippen LogP contribution in [0.4, 0.5) is 4.79 Å². The van der Waals surface area contributed by atoms with Gasteiger partial charge < -0.3 is 21.3 Å². The molecular formula is C11H24N4O. The molecule has 1 unspecified atom stereocenters. The largest absolute Gasteiger partial charge is 0.338 e. The van der Waals surface area contributed by atoms with E-state index in [0.29, 0.717) is 19.1 Å². The lowest BCUT2D eigenvalue weighted by atomic mass is 10.0. The number of likely N-dealkylation sites (N-methyl/N-ethyl adjacent to an activating group) is 1. The molecule has 0 radical (unpaired) electrons. The lowest BCUT2D eigenvalue weighted by Gasteiger charge is -2.32. The molecule has 94 valence electrons. The van der Waals surface area contributed by atoms with Crippen molar-refractivity contribution in [1.29, 1.82) is 0 Å². The molecule has 1 fully saturated rings. The second-order valence-corrected chi connectivity index (χ2v) is 4.41. The van der Waals surface area contributed by atoms with Crippen molar-refractivity contribution in [2.45, 2.75) is 31.7 Å². The minimum atomic E-state index is -0.0765. The van der Waals surface area contributed by atoms with Crippen molar-refractivity contribution in [3.63, 3.8) is 0 Å². The molecule has 1 rings (SSSR count). The van der Waals surface area contributed by atoms with Crippen LogP contribution >= 0.6 is 0 Å². The smallest absolute Gasteiger partial charge is 0.314 e. The van der Waals surface area contributed by atoms with Crippen LogP contribution in [-0.4, -0.2) is 50.2 Å². The predicted molar refractivity (Wildman–Crippen MR) is 65.3 cm³/mol. The molecule has 1 aliphatic heterocycles. The molecule has 0 aromatic heterocycles. The highest BCUT2D eigenvalue weighted by Gasteiger charge is 2.18. The lowest BCUT2D eigenvalue weighted by molar-refractivity contribution is 0.180. The molecule has 16 heavy (non-hydrogen) atoms. The van der Waals surface area contributed by atoms with Crippen LogP contribution in [-0.2, 0) is 0 Å². The van der Waals surface area contributed by atoms with Crippen LogP contribution in [0.2, 0.25) is 0 Å². The number of hydrogen-bond acceptors (Lipinski definition) is 3. The zero-order chi connectivity index (χ0) is 11.8. The quantitative estimate of drug-likeness (QED) is 0.585. The van der Waals surface area contributed by atoms with Gasteiger partial charge in [0.15, 0.2) is 0 Å². The standard InChI is InChI=1S/C11H24N4O/c1-15-8-3-2-5-10(15)9-14-11(16)13-7-4-6-12/h10H,2-9,12H2,1H3,(H2,13,14,16). The fourth-order valence-electron chi connectivity index (χ4n) is 1.98. The molecule has 2 amide bonds. The van der Waals surface area contributed by atoms with E-state index in [2.05, 4.69) is 22.6 Å². The number of likely N-dealkylation sites (tertiary alicyclic amines) is 1. The van der Waals surface area contributed by atoms with E-state index in [1.54, 1.807) is 0 Å². The van der Waals surface area contributed by atoms with Crippen LogP contribution in [0.1, 0.15) is 25.7 Å². The zero-order valence-corrected chi connectivity index (χ0v) is 10.2. The van der Waals surface area contributed by atoms with Gasteiger partial charge in [0.1, 0.15) is 0 Å². The molecule has 1 aliphatic rings. The number of nitrogens with zero attached hydrogens (tertiary/aromatic N) is 1. The van der Waals surface area contributed by atoms with E-state index in [1.165, 1.54) is 19.3 Å². The van der Waals surface area contributed by atoms with Gasteiger partial charge in [0.2, 0.25) is 0 Å². The number of urea groups is 1. The Morgan fingerprint density at radius 1 is 1.44 bits per heavy atom. The number of amides is 2. The Morgan fingerprint density at radius 3 is 2.94 bits per heavy atom. The van der Waals surface area contributed by atoms with Crippen molar-refractivity contribution >= 4 is 6.03 Å². The third-order valence-electron chi connectivity index (χ3n) is 3.09. The third-order valence-corrected chi connectivity index (χ3v) is 3.09. The molecule has 4 N–H and O–H groups in total. The van der Waals surface area contributed by atoms with E-state index in [4.69, 9.17) is 5.73 Å². The molecule has 1 heterocycles. The Hall–Kier alpha value is -0.810. The van der Waals surface area contributed by atoms with Gasteiger partial charge >= 0.3 is 6.03 Å². The molecule has 5 heteroatoms. The topological polar surface area (TPSA) is 70.4 Å². The Labute approximate surface area is 97.7 Å². The van der Waals surface area contributed by atoms with E-state index < -0.39 is 0 Å². The fraction of sp³-hybridized carbons (Fsp3) is 0.909. The predicted octanol–water partition coefficient (Wildman–Crippen LogP) is 0.119. The molecule has 1 atom stereocenters. The third kappa shape index (κ3) is 4.81.